The van der Waals surface area contributed by atoms with Crippen molar-refractivity contribution < 1.29 is 23.4 Å². The van der Waals surface area contributed by atoms with Crippen LogP contribution in [0.2, 0.25) is 0 Å². The Balaban J connectivity index is 2.91. The van der Waals surface area contributed by atoms with Gasteiger partial charge in [0.05, 0.1) is 17.4 Å². The van der Waals surface area contributed by atoms with E-state index in [2.05, 4.69) is 9.71 Å². The number of guanidine groups is 1. The molecule has 9 heteroatoms. The van der Waals surface area contributed by atoms with E-state index in [0.29, 0.717) is 35.1 Å². The maximum atomic E-state index is 12.7. The number of hydrogen-bond acceptors (Lipinski definition) is 5. The minimum absolute atomic E-state index is 0.116. The zero-order valence-corrected chi connectivity index (χ0v) is 16.4. The number of carboxylic acids is 1. The number of aliphatic imine (C=N–C) groups is 1. The molecule has 0 saturated heterocycles. The zero-order chi connectivity index (χ0) is 20.1. The molecule has 0 aliphatic rings. The Hall–Kier alpha value is -2.13. The number of carboxylic acid groups (broad SMARTS) is 1. The van der Waals surface area contributed by atoms with Crippen molar-refractivity contribution in [2.45, 2.75) is 52.0 Å². The topological polar surface area (TPSA) is 142 Å². The number of benzene rings is 1. The van der Waals surface area contributed by atoms with Gasteiger partial charge < -0.3 is 15.9 Å². The van der Waals surface area contributed by atoms with E-state index < -0.39 is 21.9 Å². The minimum Gasteiger partial charge on any atom is -0.481 e. The Morgan fingerprint density at radius 3 is 2.46 bits per heavy atom. The molecule has 26 heavy (non-hydrogen) atoms. The molecule has 0 saturated carbocycles. The number of sulfonamides is 1. The summed E-state index contributed by atoms with van der Waals surface area (Å²) in [7, 11) is -3.92. The lowest BCUT2D eigenvalue weighted by molar-refractivity contribution is -0.141. The van der Waals surface area contributed by atoms with Gasteiger partial charge in [0.25, 0.3) is 10.0 Å². The summed E-state index contributed by atoms with van der Waals surface area (Å²) < 4.78 is 27.6. The van der Waals surface area contributed by atoms with Gasteiger partial charge in [-0.25, -0.2) is 13.1 Å². The number of aliphatic hydroxyl groups excluding tert-OH is 1. The maximum Gasteiger partial charge on any atom is 0.306 e. The van der Waals surface area contributed by atoms with Crippen LogP contribution in [0.5, 0.6) is 0 Å². The summed E-state index contributed by atoms with van der Waals surface area (Å²) in [6.07, 6.45) is 0.914. The SMILES string of the molecule is Cc1cc(CO)c(C)c(C)c1S(=O)(=O)NC(N)=NCCC[C@H](C)C(=O)O. The van der Waals surface area contributed by atoms with Gasteiger partial charge in [-0.1, -0.05) is 13.0 Å². The van der Waals surface area contributed by atoms with Gasteiger partial charge in [-0.15, -0.1) is 0 Å². The molecule has 1 aromatic rings. The van der Waals surface area contributed by atoms with Crippen molar-refractivity contribution in [3.05, 3.63) is 28.3 Å². The molecule has 0 aliphatic heterocycles. The van der Waals surface area contributed by atoms with Gasteiger partial charge >= 0.3 is 5.97 Å². The summed E-state index contributed by atoms with van der Waals surface area (Å²) >= 11 is 0. The first-order chi connectivity index (χ1) is 12.0. The monoisotopic (exact) mass is 385 g/mol. The number of nitrogens with one attached hydrogen (secondary N) is 1. The van der Waals surface area contributed by atoms with Crippen molar-refractivity contribution in [2.75, 3.05) is 6.54 Å². The third-order valence-corrected chi connectivity index (χ3v) is 5.95. The molecule has 0 amide bonds. The molecule has 0 spiro atoms. The van der Waals surface area contributed by atoms with Crippen LogP contribution in [0.4, 0.5) is 0 Å². The molecule has 5 N–H and O–H groups in total. The number of hydrogen-bond donors (Lipinski definition) is 4. The molecule has 8 nitrogen and oxygen atoms in total. The number of aryl methyl sites for hydroxylation is 1. The average molecular weight is 385 g/mol. The largest absolute Gasteiger partial charge is 0.481 e. The quantitative estimate of drug-likeness (QED) is 0.301. The number of rotatable bonds is 8. The maximum absolute atomic E-state index is 12.7. The van der Waals surface area contributed by atoms with Crippen LogP contribution < -0.4 is 10.5 Å². The van der Waals surface area contributed by atoms with Gasteiger partial charge in [-0.05, 0) is 55.9 Å². The van der Waals surface area contributed by atoms with Crippen molar-refractivity contribution in [3.63, 3.8) is 0 Å². The summed E-state index contributed by atoms with van der Waals surface area (Å²) in [5.41, 5.74) is 8.10. The van der Waals surface area contributed by atoms with E-state index in [4.69, 9.17) is 10.8 Å². The predicted molar refractivity (Wildman–Crippen MR) is 99.4 cm³/mol. The molecule has 1 rings (SSSR count). The summed E-state index contributed by atoms with van der Waals surface area (Å²) in [5, 5.41) is 18.2. The van der Waals surface area contributed by atoms with E-state index in [1.165, 1.54) is 0 Å². The van der Waals surface area contributed by atoms with E-state index >= 15 is 0 Å². The Morgan fingerprint density at radius 2 is 1.92 bits per heavy atom. The molecule has 0 radical (unpaired) electrons. The fourth-order valence-electron chi connectivity index (χ4n) is 2.66. The number of aliphatic hydroxyl groups is 1. The lowest BCUT2D eigenvalue weighted by atomic mass is 10.0. The van der Waals surface area contributed by atoms with E-state index in [1.54, 1.807) is 33.8 Å². The molecule has 0 unspecified atom stereocenters. The number of nitrogens with two attached hydrogens (primary N) is 1. The second-order valence-corrected chi connectivity index (χ2v) is 7.96. The van der Waals surface area contributed by atoms with E-state index in [9.17, 15) is 18.3 Å². The van der Waals surface area contributed by atoms with E-state index in [1.807, 2.05) is 0 Å². The average Bonchev–Trinajstić information content (AvgIpc) is 2.53. The van der Waals surface area contributed by atoms with Gasteiger partial charge in [-0.2, -0.15) is 0 Å². The van der Waals surface area contributed by atoms with Crippen LogP contribution in [0.15, 0.2) is 16.0 Å². The molecular formula is C17H27N3O5S. The lowest BCUT2D eigenvalue weighted by Crippen LogP contribution is -2.37. The Morgan fingerprint density at radius 1 is 1.31 bits per heavy atom. The molecule has 1 aromatic carbocycles. The Labute approximate surface area is 154 Å². The fourth-order valence-corrected chi connectivity index (χ4v) is 4.14. The molecule has 146 valence electrons. The molecule has 0 aromatic heterocycles. The van der Waals surface area contributed by atoms with Crippen LogP contribution in [-0.4, -0.2) is 37.1 Å². The third-order valence-electron chi connectivity index (χ3n) is 4.31. The second kappa shape index (κ2) is 9.00. The molecule has 1 atom stereocenters. The van der Waals surface area contributed by atoms with E-state index in [0.717, 1.165) is 0 Å². The van der Waals surface area contributed by atoms with E-state index in [-0.39, 0.29) is 24.0 Å². The highest BCUT2D eigenvalue weighted by atomic mass is 32.2. The normalized spacial score (nSPS) is 13.5. The van der Waals surface area contributed by atoms with Crippen LogP contribution in [0, 0.1) is 26.7 Å². The zero-order valence-electron chi connectivity index (χ0n) is 15.5. The minimum atomic E-state index is -3.92. The lowest BCUT2D eigenvalue weighted by Gasteiger charge is -2.16. The van der Waals surface area contributed by atoms with Gasteiger partial charge in [0.15, 0.2) is 0 Å². The second-order valence-electron chi connectivity index (χ2n) is 6.34. The molecule has 0 aliphatic carbocycles. The van der Waals surface area contributed by atoms with Crippen molar-refractivity contribution in [3.8, 4) is 0 Å². The first kappa shape index (κ1) is 21.9. The smallest absolute Gasteiger partial charge is 0.306 e. The number of aliphatic carboxylic acids is 1. The predicted octanol–water partition coefficient (Wildman–Crippen LogP) is 1.20. The summed E-state index contributed by atoms with van der Waals surface area (Å²) in [6.45, 7) is 6.74. The van der Waals surface area contributed by atoms with Crippen LogP contribution >= 0.6 is 0 Å². The summed E-state index contributed by atoms with van der Waals surface area (Å²) in [6, 6.07) is 1.64. The summed E-state index contributed by atoms with van der Waals surface area (Å²) in [4.78, 5) is 14.8. The Bertz CT molecular complexity index is 803. The van der Waals surface area contributed by atoms with Gasteiger partial charge in [0.1, 0.15) is 0 Å². The Kier molecular flexibility index (Phi) is 7.58. The molecule has 0 bridgehead atoms. The third kappa shape index (κ3) is 5.43. The standard InChI is InChI=1S/C17H27N3O5S/c1-10(16(22)23)6-5-7-19-17(18)20-26(24,25)15-11(2)8-14(9-21)12(3)13(15)4/h8,10,21H,5-7,9H2,1-4H3,(H,22,23)(H3,18,19,20)/t10-/m0/s1. The van der Waals surface area contributed by atoms with Crippen molar-refractivity contribution in [1.82, 2.24) is 4.72 Å². The first-order valence-corrected chi connectivity index (χ1v) is 9.75. The fraction of sp³-hybridized carbons (Fsp3) is 0.529. The van der Waals surface area contributed by atoms with Gasteiger partial charge in [-0.3, -0.25) is 9.79 Å². The van der Waals surface area contributed by atoms with Crippen LogP contribution in [0.1, 0.15) is 42.0 Å². The highest BCUT2D eigenvalue weighted by molar-refractivity contribution is 7.90. The van der Waals surface area contributed by atoms with Crippen molar-refractivity contribution in [1.29, 1.82) is 0 Å². The first-order valence-electron chi connectivity index (χ1n) is 8.27. The van der Waals surface area contributed by atoms with Crippen molar-refractivity contribution >= 4 is 22.0 Å². The summed E-state index contributed by atoms with van der Waals surface area (Å²) in [5.74, 6) is -1.60. The number of nitrogens with zero attached hydrogens (tertiary/aromatic N) is 1. The molecule has 0 heterocycles. The number of carbonyl (C=O) groups is 1. The highest BCUT2D eigenvalue weighted by Gasteiger charge is 2.23. The molecular weight excluding hydrogens is 358 g/mol. The van der Waals surface area contributed by atoms with Gasteiger partial charge in [0, 0.05) is 6.54 Å². The highest BCUT2D eigenvalue weighted by Crippen LogP contribution is 2.26. The van der Waals surface area contributed by atoms with Crippen LogP contribution in [0.25, 0.3) is 0 Å². The van der Waals surface area contributed by atoms with Crippen molar-refractivity contribution in [2.24, 2.45) is 16.6 Å². The van der Waals surface area contributed by atoms with Crippen LogP contribution in [-0.2, 0) is 21.4 Å². The molecule has 0 fully saturated rings. The van der Waals surface area contributed by atoms with Crippen LogP contribution in [0.3, 0.4) is 0 Å². The van der Waals surface area contributed by atoms with Gasteiger partial charge in [0.2, 0.25) is 5.96 Å².